The molecule has 0 saturated carbocycles. The van der Waals surface area contributed by atoms with Crippen LogP contribution in [0, 0.1) is 0 Å². The summed E-state index contributed by atoms with van der Waals surface area (Å²) in [6, 6.07) is 0. The molecular weight excluding hydrogens is 789 g/mol. The highest BCUT2D eigenvalue weighted by atomic mass is 16.6. The Hall–Kier alpha value is -1.88. The van der Waals surface area contributed by atoms with Crippen LogP contribution in [0.4, 0.5) is 0 Å². The molecule has 0 aliphatic heterocycles. The third kappa shape index (κ3) is 52.7. The van der Waals surface area contributed by atoms with E-state index < -0.39 is 6.10 Å². The molecule has 1 atom stereocenters. The molecule has 0 heterocycles. The fourth-order valence-electron chi connectivity index (χ4n) is 8.36. The van der Waals surface area contributed by atoms with Gasteiger partial charge in [-0.25, -0.2) is 0 Å². The fraction of sp³-hybridized carbons (Fsp3) is 0.864. The van der Waals surface area contributed by atoms with E-state index in [0.29, 0.717) is 19.4 Å². The van der Waals surface area contributed by atoms with Gasteiger partial charge in [0.05, 0.1) is 6.61 Å². The summed E-state index contributed by atoms with van der Waals surface area (Å²) in [6.07, 6.45) is 67.3. The summed E-state index contributed by atoms with van der Waals surface area (Å²) < 4.78 is 17.5. The molecule has 0 unspecified atom stereocenters. The lowest BCUT2D eigenvalue weighted by Crippen LogP contribution is -2.30. The topological polar surface area (TPSA) is 61.8 Å². The summed E-state index contributed by atoms with van der Waals surface area (Å²) in [4.78, 5) is 25.5. The average molecular weight is 900 g/mol. The highest BCUT2D eigenvalue weighted by Gasteiger charge is 2.17. The highest BCUT2D eigenvalue weighted by Crippen LogP contribution is 2.16. The second-order valence-corrected chi connectivity index (χ2v) is 19.2. The van der Waals surface area contributed by atoms with Crippen molar-refractivity contribution in [1.29, 1.82) is 0 Å². The van der Waals surface area contributed by atoms with E-state index in [1.165, 1.54) is 212 Å². The lowest BCUT2D eigenvalue weighted by atomic mass is 10.0. The van der Waals surface area contributed by atoms with Crippen LogP contribution in [-0.4, -0.2) is 37.9 Å². The first-order valence-electron chi connectivity index (χ1n) is 28.5. The number of rotatable bonds is 53. The van der Waals surface area contributed by atoms with E-state index >= 15 is 0 Å². The largest absolute Gasteiger partial charge is 0.462 e. The van der Waals surface area contributed by atoms with E-state index in [4.69, 9.17) is 14.2 Å². The predicted octanol–water partition coefficient (Wildman–Crippen LogP) is 19.4. The second-order valence-electron chi connectivity index (χ2n) is 19.2. The van der Waals surface area contributed by atoms with Crippen molar-refractivity contribution in [2.24, 2.45) is 0 Å². The highest BCUT2D eigenvalue weighted by molar-refractivity contribution is 5.70. The second kappa shape index (κ2) is 55.4. The van der Waals surface area contributed by atoms with Crippen molar-refractivity contribution >= 4 is 11.9 Å². The van der Waals surface area contributed by atoms with E-state index in [1.54, 1.807) is 0 Å². The van der Waals surface area contributed by atoms with Gasteiger partial charge in [0.15, 0.2) is 6.10 Å². The molecule has 0 fully saturated rings. The van der Waals surface area contributed by atoms with Crippen LogP contribution in [0.1, 0.15) is 303 Å². The minimum absolute atomic E-state index is 0.0829. The average Bonchev–Trinajstić information content (AvgIpc) is 3.30. The van der Waals surface area contributed by atoms with Gasteiger partial charge in [-0.1, -0.05) is 250 Å². The maximum atomic E-state index is 12.8. The van der Waals surface area contributed by atoms with Crippen LogP contribution in [-0.2, 0) is 23.8 Å². The monoisotopic (exact) mass is 899 g/mol. The summed E-state index contributed by atoms with van der Waals surface area (Å²) >= 11 is 0. The number of allylic oxidation sites excluding steroid dienone is 6. The Bertz CT molecular complexity index is 1020. The van der Waals surface area contributed by atoms with Gasteiger partial charge >= 0.3 is 11.9 Å². The standard InChI is InChI=1S/C59H110O5/c1-4-7-10-13-16-19-22-25-28-30-32-34-37-40-43-46-49-52-58(60)63-56-57(55-62-54-51-48-45-42-39-36-33-29-26-23-20-17-14-11-8-5-2)64-59(61)53-50-47-44-41-38-35-31-27-24-21-18-15-12-9-6-3/h16,19,25,27-28,31,57H,4-15,17-18,20-24,26,29-30,32-56H2,1-3H3/b19-16-,28-25-,31-27-/t57-/m1/s1. The molecule has 0 amide bonds. The van der Waals surface area contributed by atoms with Gasteiger partial charge in [-0.3, -0.25) is 9.59 Å². The van der Waals surface area contributed by atoms with Crippen LogP contribution in [0.15, 0.2) is 36.5 Å². The third-order valence-electron chi connectivity index (χ3n) is 12.6. The minimum Gasteiger partial charge on any atom is -0.462 e. The Morgan fingerprint density at radius 3 is 1.08 bits per heavy atom. The van der Waals surface area contributed by atoms with Crippen molar-refractivity contribution in [2.45, 2.75) is 309 Å². The maximum absolute atomic E-state index is 12.8. The van der Waals surface area contributed by atoms with Crippen molar-refractivity contribution in [3.63, 3.8) is 0 Å². The number of hydrogen-bond acceptors (Lipinski definition) is 5. The van der Waals surface area contributed by atoms with Crippen LogP contribution in [0.3, 0.4) is 0 Å². The first-order valence-corrected chi connectivity index (χ1v) is 28.5. The van der Waals surface area contributed by atoms with Gasteiger partial charge < -0.3 is 14.2 Å². The van der Waals surface area contributed by atoms with Gasteiger partial charge in [-0.15, -0.1) is 0 Å². The first-order chi connectivity index (χ1) is 31.6. The number of hydrogen-bond donors (Lipinski definition) is 0. The Morgan fingerprint density at radius 1 is 0.344 bits per heavy atom. The molecule has 0 radical (unpaired) electrons. The van der Waals surface area contributed by atoms with Crippen LogP contribution < -0.4 is 0 Å². The van der Waals surface area contributed by atoms with Crippen molar-refractivity contribution in [3.05, 3.63) is 36.5 Å². The van der Waals surface area contributed by atoms with Crippen LogP contribution in [0.2, 0.25) is 0 Å². The van der Waals surface area contributed by atoms with Gasteiger partial charge in [-0.2, -0.15) is 0 Å². The van der Waals surface area contributed by atoms with E-state index in [-0.39, 0.29) is 25.2 Å². The lowest BCUT2D eigenvalue weighted by molar-refractivity contribution is -0.163. The Labute approximate surface area is 400 Å². The number of carbonyl (C=O) groups is 2. The Morgan fingerprint density at radius 2 is 0.656 bits per heavy atom. The van der Waals surface area contributed by atoms with Gasteiger partial charge in [0, 0.05) is 19.4 Å². The molecule has 0 aromatic rings. The normalized spacial score (nSPS) is 12.4. The number of esters is 2. The molecule has 0 saturated heterocycles. The van der Waals surface area contributed by atoms with Crippen molar-refractivity contribution in [2.75, 3.05) is 19.8 Å². The summed E-state index contributed by atoms with van der Waals surface area (Å²) in [5.41, 5.74) is 0. The molecule has 0 aliphatic rings. The number of ether oxygens (including phenoxy) is 3. The zero-order valence-electron chi connectivity index (χ0n) is 43.3. The molecule has 0 N–H and O–H groups in total. The molecule has 0 spiro atoms. The third-order valence-corrected chi connectivity index (χ3v) is 12.6. The molecule has 5 heteroatoms. The molecule has 0 aromatic heterocycles. The molecule has 0 aromatic carbocycles. The minimum atomic E-state index is -0.539. The fourth-order valence-corrected chi connectivity index (χ4v) is 8.36. The quantitative estimate of drug-likeness (QED) is 0.0346. The van der Waals surface area contributed by atoms with E-state index in [1.807, 2.05) is 0 Å². The first kappa shape index (κ1) is 62.1. The summed E-state index contributed by atoms with van der Waals surface area (Å²) in [5.74, 6) is -0.398. The Kier molecular flexibility index (Phi) is 53.8. The molecule has 0 bridgehead atoms. The zero-order chi connectivity index (χ0) is 46.3. The molecule has 376 valence electrons. The molecule has 0 rings (SSSR count). The molecule has 5 nitrogen and oxygen atoms in total. The van der Waals surface area contributed by atoms with Crippen LogP contribution >= 0.6 is 0 Å². The van der Waals surface area contributed by atoms with Gasteiger partial charge in [0.1, 0.15) is 6.61 Å². The van der Waals surface area contributed by atoms with Gasteiger partial charge in [0.2, 0.25) is 0 Å². The maximum Gasteiger partial charge on any atom is 0.306 e. The smallest absolute Gasteiger partial charge is 0.306 e. The van der Waals surface area contributed by atoms with E-state index in [0.717, 1.165) is 57.8 Å². The predicted molar refractivity (Wildman–Crippen MR) is 279 cm³/mol. The van der Waals surface area contributed by atoms with E-state index in [9.17, 15) is 9.59 Å². The molecule has 64 heavy (non-hydrogen) atoms. The number of unbranched alkanes of at least 4 members (excludes halogenated alkanes) is 36. The number of carbonyl (C=O) groups excluding carboxylic acids is 2. The molecular formula is C59H110O5. The summed E-state index contributed by atoms with van der Waals surface area (Å²) in [6.45, 7) is 7.84. The summed E-state index contributed by atoms with van der Waals surface area (Å²) in [5, 5.41) is 0. The summed E-state index contributed by atoms with van der Waals surface area (Å²) in [7, 11) is 0. The van der Waals surface area contributed by atoms with Gasteiger partial charge in [-0.05, 0) is 77.0 Å². The van der Waals surface area contributed by atoms with Crippen LogP contribution in [0.25, 0.3) is 0 Å². The SMILES string of the molecule is CCCCC/C=C\C/C=C\CCCCCCCCCC(=O)OC[C@@H](COCCCCCCCCCCCCCCCCCC)OC(=O)CCCCCCC/C=C\CCCCCCCC. The molecule has 0 aliphatic carbocycles. The lowest BCUT2D eigenvalue weighted by Gasteiger charge is -2.18. The Balaban J connectivity index is 4.25. The van der Waals surface area contributed by atoms with E-state index in [2.05, 4.69) is 57.2 Å². The zero-order valence-corrected chi connectivity index (χ0v) is 43.3. The van der Waals surface area contributed by atoms with Gasteiger partial charge in [0.25, 0.3) is 0 Å². The van der Waals surface area contributed by atoms with Crippen molar-refractivity contribution in [3.8, 4) is 0 Å². The van der Waals surface area contributed by atoms with Crippen LogP contribution in [0.5, 0.6) is 0 Å². The van der Waals surface area contributed by atoms with Crippen molar-refractivity contribution < 1.29 is 23.8 Å². The van der Waals surface area contributed by atoms with Crippen molar-refractivity contribution in [1.82, 2.24) is 0 Å².